The summed E-state index contributed by atoms with van der Waals surface area (Å²) in [6.07, 6.45) is 0. The maximum atomic E-state index is 5.42. The highest BCUT2D eigenvalue weighted by molar-refractivity contribution is 8.01. The molecule has 0 aromatic carbocycles. The predicted molar refractivity (Wildman–Crippen MR) is 80.9 cm³/mol. The van der Waals surface area contributed by atoms with Gasteiger partial charge in [0, 0.05) is 21.3 Å². The third-order valence-corrected chi connectivity index (χ3v) is 5.40. The molecule has 0 radical (unpaired) electrons. The Kier molecular flexibility index (Phi) is 3.40. The van der Waals surface area contributed by atoms with E-state index in [0.29, 0.717) is 5.95 Å². The van der Waals surface area contributed by atoms with Crippen LogP contribution < -0.4 is 11.3 Å². The highest BCUT2D eigenvalue weighted by atomic mass is 32.2. The molecule has 0 aliphatic heterocycles. The van der Waals surface area contributed by atoms with Gasteiger partial charge in [-0.25, -0.2) is 20.8 Å². The molecule has 0 bridgehead atoms. The molecule has 0 aliphatic carbocycles. The van der Waals surface area contributed by atoms with Crippen molar-refractivity contribution in [2.45, 2.75) is 23.2 Å². The zero-order chi connectivity index (χ0) is 13.4. The second-order valence-corrected chi connectivity index (χ2v) is 7.26. The van der Waals surface area contributed by atoms with Crippen LogP contribution in [-0.4, -0.2) is 15.0 Å². The highest BCUT2D eigenvalue weighted by Gasteiger charge is 2.13. The summed E-state index contributed by atoms with van der Waals surface area (Å²) < 4.78 is 0.976. The van der Waals surface area contributed by atoms with Crippen LogP contribution >= 0.6 is 34.4 Å². The second kappa shape index (κ2) is 5.04. The number of aromatic nitrogens is 3. The smallest absolute Gasteiger partial charge is 0.239 e. The molecule has 0 atom stereocenters. The van der Waals surface area contributed by atoms with E-state index in [4.69, 9.17) is 5.84 Å². The molecule has 0 aliphatic rings. The van der Waals surface area contributed by atoms with E-state index in [2.05, 4.69) is 33.4 Å². The third kappa shape index (κ3) is 2.57. The summed E-state index contributed by atoms with van der Waals surface area (Å²) in [4.78, 5) is 15.4. The maximum absolute atomic E-state index is 5.42. The lowest BCUT2D eigenvalue weighted by atomic mass is 10.4. The first-order chi connectivity index (χ1) is 9.15. The average molecular weight is 309 g/mol. The lowest BCUT2D eigenvalue weighted by Gasteiger charge is -2.03. The Labute approximate surface area is 122 Å². The topological polar surface area (TPSA) is 76.7 Å². The number of nitrogen functional groups attached to an aromatic ring is 1. The summed E-state index contributed by atoms with van der Waals surface area (Å²) in [5.74, 6) is 5.86. The monoisotopic (exact) mass is 309 g/mol. The molecule has 0 amide bonds. The van der Waals surface area contributed by atoms with Gasteiger partial charge in [0.05, 0.1) is 0 Å². The lowest BCUT2D eigenvalue weighted by Crippen LogP contribution is -2.10. The van der Waals surface area contributed by atoms with Gasteiger partial charge >= 0.3 is 0 Å². The number of aryl methyl sites for hydroxylation is 2. The number of hydrogen-bond acceptors (Lipinski definition) is 8. The highest BCUT2D eigenvalue weighted by Crippen LogP contribution is 2.36. The zero-order valence-corrected chi connectivity index (χ0v) is 12.7. The molecule has 3 aromatic rings. The Hall–Kier alpha value is -1.22. The van der Waals surface area contributed by atoms with E-state index < -0.39 is 0 Å². The van der Waals surface area contributed by atoms with E-state index in [0.717, 1.165) is 25.3 Å². The van der Waals surface area contributed by atoms with Crippen molar-refractivity contribution in [1.82, 2.24) is 15.0 Å². The average Bonchev–Trinajstić information content (AvgIpc) is 2.94. The van der Waals surface area contributed by atoms with Crippen molar-refractivity contribution in [2.24, 2.45) is 5.84 Å². The molecule has 3 aromatic heterocycles. The standard InChI is InChI=1S/C11H11N5S3/c1-5-4-17-11(13-5)19-9-7-3-6(2)18-8(7)14-10(15-9)16-12/h3-4H,12H2,1-2H3,(H,14,15,16). The molecule has 3 N–H and O–H groups in total. The van der Waals surface area contributed by atoms with E-state index >= 15 is 0 Å². The number of rotatable bonds is 3. The van der Waals surface area contributed by atoms with Crippen molar-refractivity contribution in [3.63, 3.8) is 0 Å². The van der Waals surface area contributed by atoms with E-state index in [1.807, 2.05) is 12.3 Å². The number of nitrogens with zero attached hydrogens (tertiary/aromatic N) is 3. The summed E-state index contributed by atoms with van der Waals surface area (Å²) in [6, 6.07) is 2.10. The summed E-state index contributed by atoms with van der Waals surface area (Å²) in [6.45, 7) is 4.04. The summed E-state index contributed by atoms with van der Waals surface area (Å²) in [5, 5.41) is 3.97. The first kappa shape index (κ1) is 12.8. The van der Waals surface area contributed by atoms with E-state index in [1.165, 1.54) is 4.88 Å². The van der Waals surface area contributed by atoms with Crippen molar-refractivity contribution >= 4 is 50.6 Å². The third-order valence-electron chi connectivity index (χ3n) is 2.39. The first-order valence-corrected chi connectivity index (χ1v) is 8.02. The molecule has 3 rings (SSSR count). The van der Waals surface area contributed by atoms with Crippen molar-refractivity contribution < 1.29 is 0 Å². The van der Waals surface area contributed by atoms with Gasteiger partial charge in [-0.2, -0.15) is 0 Å². The molecule has 19 heavy (non-hydrogen) atoms. The molecule has 3 heterocycles. The molecule has 0 spiro atoms. The fourth-order valence-electron chi connectivity index (χ4n) is 1.62. The van der Waals surface area contributed by atoms with Gasteiger partial charge in [0.15, 0.2) is 4.34 Å². The van der Waals surface area contributed by atoms with Gasteiger partial charge in [0.2, 0.25) is 5.95 Å². The van der Waals surface area contributed by atoms with E-state index in [1.54, 1.807) is 34.4 Å². The number of nitrogens with two attached hydrogens (primary N) is 1. The Morgan fingerprint density at radius 3 is 2.79 bits per heavy atom. The van der Waals surface area contributed by atoms with Crippen LogP contribution in [0.15, 0.2) is 20.8 Å². The van der Waals surface area contributed by atoms with E-state index in [9.17, 15) is 0 Å². The van der Waals surface area contributed by atoms with Crippen LogP contribution in [0.25, 0.3) is 10.2 Å². The minimum absolute atomic E-state index is 0.435. The van der Waals surface area contributed by atoms with E-state index in [-0.39, 0.29) is 0 Å². The van der Waals surface area contributed by atoms with Crippen molar-refractivity contribution in [2.75, 3.05) is 5.43 Å². The molecule has 8 heteroatoms. The van der Waals surface area contributed by atoms with Gasteiger partial charge < -0.3 is 0 Å². The molecule has 0 saturated carbocycles. The van der Waals surface area contributed by atoms with Gasteiger partial charge in [-0.15, -0.1) is 22.7 Å². The normalized spacial score (nSPS) is 11.1. The fourth-order valence-corrected chi connectivity index (χ4v) is 4.41. The summed E-state index contributed by atoms with van der Waals surface area (Å²) >= 11 is 4.80. The summed E-state index contributed by atoms with van der Waals surface area (Å²) in [7, 11) is 0. The Morgan fingerprint density at radius 1 is 1.26 bits per heavy atom. The van der Waals surface area contributed by atoms with Crippen LogP contribution in [0.5, 0.6) is 0 Å². The molecule has 5 nitrogen and oxygen atoms in total. The number of anilines is 1. The molecular formula is C11H11N5S3. The lowest BCUT2D eigenvalue weighted by molar-refractivity contribution is 1.07. The van der Waals surface area contributed by atoms with Gasteiger partial charge in [0.25, 0.3) is 0 Å². The SMILES string of the molecule is Cc1csc(Sc2nc(NN)nc3sc(C)cc23)n1. The quantitative estimate of drug-likeness (QED) is 0.439. The number of fused-ring (bicyclic) bond motifs is 1. The Balaban J connectivity index is 2.09. The number of thiazole rings is 1. The summed E-state index contributed by atoms with van der Waals surface area (Å²) in [5.41, 5.74) is 3.54. The van der Waals surface area contributed by atoms with Gasteiger partial charge in [-0.05, 0) is 31.7 Å². The van der Waals surface area contributed by atoms with Crippen LogP contribution in [0, 0.1) is 13.8 Å². The molecule has 0 fully saturated rings. The largest absolute Gasteiger partial charge is 0.292 e. The molecular weight excluding hydrogens is 298 g/mol. The van der Waals surface area contributed by atoms with Crippen LogP contribution in [0.3, 0.4) is 0 Å². The number of hydrazine groups is 1. The van der Waals surface area contributed by atoms with Gasteiger partial charge in [-0.1, -0.05) is 0 Å². The van der Waals surface area contributed by atoms with Crippen molar-refractivity contribution in [3.8, 4) is 0 Å². The minimum atomic E-state index is 0.435. The van der Waals surface area contributed by atoms with Crippen molar-refractivity contribution in [1.29, 1.82) is 0 Å². The van der Waals surface area contributed by atoms with Crippen LogP contribution in [0.1, 0.15) is 10.6 Å². The van der Waals surface area contributed by atoms with Crippen LogP contribution in [0.2, 0.25) is 0 Å². The minimum Gasteiger partial charge on any atom is -0.292 e. The molecule has 98 valence electrons. The van der Waals surface area contributed by atoms with Gasteiger partial charge in [0.1, 0.15) is 9.86 Å². The Morgan fingerprint density at radius 2 is 2.11 bits per heavy atom. The number of thiophene rings is 1. The molecule has 0 unspecified atom stereocenters. The Bertz CT molecular complexity index is 733. The molecule has 0 saturated heterocycles. The van der Waals surface area contributed by atoms with Crippen LogP contribution in [0.4, 0.5) is 5.95 Å². The van der Waals surface area contributed by atoms with Crippen LogP contribution in [-0.2, 0) is 0 Å². The first-order valence-electron chi connectivity index (χ1n) is 5.50. The predicted octanol–water partition coefficient (Wildman–Crippen LogP) is 3.20. The zero-order valence-electron chi connectivity index (χ0n) is 10.3. The van der Waals surface area contributed by atoms with Gasteiger partial charge in [-0.3, -0.25) is 5.43 Å². The van der Waals surface area contributed by atoms with Crippen molar-refractivity contribution in [3.05, 3.63) is 22.0 Å². The number of nitrogens with one attached hydrogen (secondary N) is 1. The number of hydrogen-bond donors (Lipinski definition) is 2. The fraction of sp³-hybridized carbons (Fsp3) is 0.182. The second-order valence-electron chi connectivity index (χ2n) is 3.93. The maximum Gasteiger partial charge on any atom is 0.239 e.